The van der Waals surface area contributed by atoms with Crippen LogP contribution < -0.4 is 0 Å². The molecule has 14 heteroatoms. The van der Waals surface area contributed by atoms with Gasteiger partial charge in [0.25, 0.3) is 0 Å². The van der Waals surface area contributed by atoms with Crippen LogP contribution >= 0.6 is 0 Å². The van der Waals surface area contributed by atoms with Crippen LogP contribution in [0.15, 0.2) is 0 Å². The van der Waals surface area contributed by atoms with Gasteiger partial charge in [-0.25, -0.2) is 0 Å². The third-order valence-corrected chi connectivity index (χ3v) is 5.32. The summed E-state index contributed by atoms with van der Waals surface area (Å²) in [6.07, 6.45) is 0.886. The lowest BCUT2D eigenvalue weighted by molar-refractivity contribution is -0.140. The highest BCUT2D eigenvalue weighted by molar-refractivity contribution is 5.79. The van der Waals surface area contributed by atoms with Crippen molar-refractivity contribution in [2.45, 2.75) is 26.2 Å². The highest BCUT2D eigenvalue weighted by atomic mass is 16.4. The quantitative estimate of drug-likeness (QED) is 0.108. The molecule has 0 aliphatic rings. The van der Waals surface area contributed by atoms with Gasteiger partial charge in [-0.05, 0) is 6.54 Å². The van der Waals surface area contributed by atoms with Gasteiger partial charge in [0.2, 0.25) is 0 Å². The fraction of sp³-hybridized carbons (Fsp3) is 0.727. The van der Waals surface area contributed by atoms with E-state index < -0.39 is 23.9 Å². The number of likely N-dealkylation sites (N-methyl/N-ethyl adjacent to an activating group) is 1. The molecule has 0 saturated carbocycles. The molecule has 0 rings (SSSR count). The number of carboxylic acid groups (broad SMARTS) is 4. The maximum atomic E-state index is 12.4. The summed E-state index contributed by atoms with van der Waals surface area (Å²) < 4.78 is 0. The summed E-state index contributed by atoms with van der Waals surface area (Å²) in [4.78, 5) is 73.5. The summed E-state index contributed by atoms with van der Waals surface area (Å²) in [5.41, 5.74) is 0. The number of ketones is 1. The predicted octanol–water partition coefficient (Wildman–Crippen LogP) is -1.51. The first kappa shape index (κ1) is 33.1. The van der Waals surface area contributed by atoms with Crippen molar-refractivity contribution in [1.29, 1.82) is 0 Å². The number of rotatable bonds is 24. The second-order valence-electron chi connectivity index (χ2n) is 8.27. The normalized spacial score (nSPS) is 11.4. The SMILES string of the molecule is CCN(CCN(CCC(=O)CCN(CCN(CCC=O)CC(=O)O)CC(=O)O)CC(=O)O)CC(=O)O. The van der Waals surface area contributed by atoms with E-state index in [1.807, 2.05) is 0 Å². The smallest absolute Gasteiger partial charge is 0.317 e. The van der Waals surface area contributed by atoms with Crippen molar-refractivity contribution in [3.8, 4) is 0 Å². The van der Waals surface area contributed by atoms with E-state index in [4.69, 9.17) is 20.4 Å². The van der Waals surface area contributed by atoms with Crippen molar-refractivity contribution < 1.29 is 49.2 Å². The highest BCUT2D eigenvalue weighted by Gasteiger charge is 2.17. The lowest BCUT2D eigenvalue weighted by Crippen LogP contribution is -2.41. The van der Waals surface area contributed by atoms with Gasteiger partial charge in [-0.15, -0.1) is 0 Å². The van der Waals surface area contributed by atoms with E-state index in [0.29, 0.717) is 19.4 Å². The number of carboxylic acids is 4. The number of nitrogens with zero attached hydrogens (tertiary/aromatic N) is 4. The standard InChI is InChI=1S/C22H38N4O10/c1-2-23(14-19(29)30)9-10-25(16-21(33)34)7-4-18(28)5-8-26(17-22(35)36)12-11-24(6-3-13-27)15-20(31)32/h13H,2-12,14-17H2,1H3,(H,29,30)(H,31,32)(H,33,34)(H,35,36). The Bertz CT molecular complexity index is 734. The highest BCUT2D eigenvalue weighted by Crippen LogP contribution is 2.02. The summed E-state index contributed by atoms with van der Waals surface area (Å²) in [5, 5.41) is 36.2. The van der Waals surface area contributed by atoms with Crippen molar-refractivity contribution in [3.63, 3.8) is 0 Å². The first-order valence-electron chi connectivity index (χ1n) is 11.7. The lowest BCUT2D eigenvalue weighted by atomic mass is 10.2. The van der Waals surface area contributed by atoms with E-state index in [1.54, 1.807) is 16.7 Å². The Morgan fingerprint density at radius 1 is 0.556 bits per heavy atom. The second-order valence-corrected chi connectivity index (χ2v) is 8.27. The number of Topliss-reactive ketones (excluding diaryl/α,β-unsaturated/α-hetero) is 1. The molecule has 0 heterocycles. The van der Waals surface area contributed by atoms with E-state index in [9.17, 15) is 28.8 Å². The largest absolute Gasteiger partial charge is 0.480 e. The molecule has 0 aliphatic heterocycles. The van der Waals surface area contributed by atoms with Gasteiger partial charge in [0.05, 0.1) is 26.2 Å². The van der Waals surface area contributed by atoms with E-state index in [1.165, 1.54) is 9.80 Å². The second kappa shape index (κ2) is 19.3. The fourth-order valence-corrected chi connectivity index (χ4v) is 3.42. The van der Waals surface area contributed by atoms with E-state index in [-0.39, 0.29) is 90.5 Å². The zero-order chi connectivity index (χ0) is 27.5. The Balaban J connectivity index is 4.80. The maximum Gasteiger partial charge on any atom is 0.317 e. The third kappa shape index (κ3) is 18.4. The van der Waals surface area contributed by atoms with Gasteiger partial charge < -0.3 is 25.2 Å². The van der Waals surface area contributed by atoms with Gasteiger partial charge in [0, 0.05) is 65.1 Å². The van der Waals surface area contributed by atoms with E-state index >= 15 is 0 Å². The van der Waals surface area contributed by atoms with Crippen LogP contribution in [0, 0.1) is 0 Å². The monoisotopic (exact) mass is 518 g/mol. The minimum Gasteiger partial charge on any atom is -0.480 e. The molecule has 36 heavy (non-hydrogen) atoms. The number of carbonyl (C=O) groups is 6. The van der Waals surface area contributed by atoms with E-state index in [0.717, 1.165) is 0 Å². The predicted molar refractivity (Wildman–Crippen MR) is 127 cm³/mol. The molecular weight excluding hydrogens is 480 g/mol. The minimum atomic E-state index is -1.10. The van der Waals surface area contributed by atoms with Gasteiger partial charge in [-0.2, -0.15) is 0 Å². The molecule has 0 radical (unpaired) electrons. The Labute approximate surface area is 210 Å². The summed E-state index contributed by atoms with van der Waals surface area (Å²) in [5.74, 6) is -4.43. The topological polar surface area (TPSA) is 196 Å². The Morgan fingerprint density at radius 3 is 1.22 bits per heavy atom. The summed E-state index contributed by atoms with van der Waals surface area (Å²) in [7, 11) is 0. The molecule has 0 amide bonds. The molecule has 0 fully saturated rings. The third-order valence-electron chi connectivity index (χ3n) is 5.32. The Morgan fingerprint density at radius 2 is 0.889 bits per heavy atom. The Kier molecular flexibility index (Phi) is 17.7. The van der Waals surface area contributed by atoms with E-state index in [2.05, 4.69) is 0 Å². The van der Waals surface area contributed by atoms with Crippen molar-refractivity contribution >= 4 is 35.9 Å². The molecule has 0 spiro atoms. The van der Waals surface area contributed by atoms with Crippen LogP contribution in [-0.4, -0.2) is 155 Å². The maximum absolute atomic E-state index is 12.4. The molecule has 0 aromatic carbocycles. The number of hydrogen-bond acceptors (Lipinski definition) is 10. The molecule has 0 aromatic rings. The zero-order valence-electron chi connectivity index (χ0n) is 20.7. The molecule has 0 aliphatic carbocycles. The molecule has 206 valence electrons. The van der Waals surface area contributed by atoms with Crippen LogP contribution in [0.2, 0.25) is 0 Å². The van der Waals surface area contributed by atoms with Crippen LogP contribution in [0.3, 0.4) is 0 Å². The number of carbonyl (C=O) groups excluding carboxylic acids is 2. The van der Waals surface area contributed by atoms with Crippen molar-refractivity contribution in [2.24, 2.45) is 0 Å². The first-order chi connectivity index (χ1) is 17.0. The molecule has 0 bridgehead atoms. The fourth-order valence-electron chi connectivity index (χ4n) is 3.42. The molecule has 0 atom stereocenters. The average Bonchev–Trinajstić information content (AvgIpc) is 2.78. The zero-order valence-corrected chi connectivity index (χ0v) is 20.7. The summed E-state index contributed by atoms with van der Waals surface area (Å²) >= 11 is 0. The van der Waals surface area contributed by atoms with Crippen molar-refractivity contribution in [2.75, 3.05) is 78.5 Å². The Hall–Kier alpha value is -2.94. The van der Waals surface area contributed by atoms with Crippen LogP contribution in [0.5, 0.6) is 0 Å². The van der Waals surface area contributed by atoms with Gasteiger partial charge >= 0.3 is 23.9 Å². The molecule has 0 aromatic heterocycles. The van der Waals surface area contributed by atoms with Crippen LogP contribution in [0.25, 0.3) is 0 Å². The van der Waals surface area contributed by atoms with Crippen LogP contribution in [0.1, 0.15) is 26.2 Å². The van der Waals surface area contributed by atoms with Crippen LogP contribution in [-0.2, 0) is 28.8 Å². The average molecular weight is 519 g/mol. The lowest BCUT2D eigenvalue weighted by Gasteiger charge is -2.26. The number of aliphatic carboxylic acids is 4. The van der Waals surface area contributed by atoms with Gasteiger partial charge in [-0.3, -0.25) is 43.6 Å². The van der Waals surface area contributed by atoms with Crippen LogP contribution in [0.4, 0.5) is 0 Å². The molecule has 4 N–H and O–H groups in total. The van der Waals surface area contributed by atoms with Gasteiger partial charge in [-0.1, -0.05) is 6.92 Å². The molecule has 0 saturated heterocycles. The van der Waals surface area contributed by atoms with Gasteiger partial charge in [0.15, 0.2) is 0 Å². The molecule has 0 unspecified atom stereocenters. The first-order valence-corrected chi connectivity index (χ1v) is 11.7. The van der Waals surface area contributed by atoms with Crippen molar-refractivity contribution in [3.05, 3.63) is 0 Å². The van der Waals surface area contributed by atoms with Crippen molar-refractivity contribution in [1.82, 2.24) is 19.6 Å². The summed E-state index contributed by atoms with van der Waals surface area (Å²) in [6.45, 7) is 2.65. The molecule has 14 nitrogen and oxygen atoms in total. The number of hydrogen-bond donors (Lipinski definition) is 4. The number of aldehydes is 1. The summed E-state index contributed by atoms with van der Waals surface area (Å²) in [6, 6.07) is 0. The van der Waals surface area contributed by atoms with Gasteiger partial charge in [0.1, 0.15) is 12.1 Å². The molecular formula is C22H38N4O10. The minimum absolute atomic E-state index is 0.0293.